The summed E-state index contributed by atoms with van der Waals surface area (Å²) in [6.07, 6.45) is 5.06. The number of methoxy groups -OCH3 is 2. The normalized spacial score (nSPS) is 14.7. The molecule has 0 unspecified atom stereocenters. The number of ether oxygens (including phenoxy) is 2. The maximum absolute atomic E-state index is 13.8. The van der Waals surface area contributed by atoms with Gasteiger partial charge in [0.1, 0.15) is 16.5 Å². The molecule has 1 atom stereocenters. The molecule has 1 aliphatic rings. The number of carbonyl (C=O) groups is 2. The molecule has 2 heterocycles. The van der Waals surface area contributed by atoms with E-state index in [4.69, 9.17) is 20.2 Å². The van der Waals surface area contributed by atoms with Crippen molar-refractivity contribution in [2.75, 3.05) is 19.5 Å². The number of benzene rings is 2. The van der Waals surface area contributed by atoms with Crippen LogP contribution in [0.4, 0.5) is 5.00 Å². The minimum atomic E-state index is -0.505. The van der Waals surface area contributed by atoms with Gasteiger partial charge in [0.15, 0.2) is 0 Å². The highest BCUT2D eigenvalue weighted by Gasteiger charge is 2.29. The Balaban J connectivity index is 1.56. The molecule has 4 aromatic rings. The number of nitrogens with one attached hydrogen (secondary N) is 1. The van der Waals surface area contributed by atoms with E-state index < -0.39 is 5.91 Å². The number of nitrogens with zero attached hydrogens (tertiary/aromatic N) is 1. The van der Waals surface area contributed by atoms with Crippen LogP contribution in [0.25, 0.3) is 22.2 Å². The average Bonchev–Trinajstić information content (AvgIpc) is 3.29. The maximum Gasteiger partial charge on any atom is 0.257 e. The zero-order chi connectivity index (χ0) is 26.8. The Morgan fingerprint density at radius 1 is 1.13 bits per heavy atom. The van der Waals surface area contributed by atoms with Gasteiger partial charge in [0.25, 0.3) is 11.8 Å². The van der Waals surface area contributed by atoms with E-state index in [0.29, 0.717) is 50.1 Å². The van der Waals surface area contributed by atoms with E-state index >= 15 is 0 Å². The van der Waals surface area contributed by atoms with Gasteiger partial charge in [-0.1, -0.05) is 38.0 Å². The van der Waals surface area contributed by atoms with Crippen LogP contribution in [0.5, 0.6) is 11.5 Å². The van der Waals surface area contributed by atoms with Gasteiger partial charge in [-0.3, -0.25) is 9.59 Å². The minimum absolute atomic E-state index is 0.316. The average molecular weight is 530 g/mol. The second-order valence-corrected chi connectivity index (χ2v) is 10.7. The van der Waals surface area contributed by atoms with E-state index in [9.17, 15) is 9.59 Å². The highest BCUT2D eigenvalue weighted by molar-refractivity contribution is 7.17. The van der Waals surface area contributed by atoms with Crippen molar-refractivity contribution in [1.29, 1.82) is 0 Å². The lowest BCUT2D eigenvalue weighted by Crippen LogP contribution is -2.20. The predicted molar refractivity (Wildman–Crippen MR) is 151 cm³/mol. The largest absolute Gasteiger partial charge is 0.497 e. The smallest absolute Gasteiger partial charge is 0.257 e. The van der Waals surface area contributed by atoms with Gasteiger partial charge < -0.3 is 20.5 Å². The number of amides is 2. The summed E-state index contributed by atoms with van der Waals surface area (Å²) in [5.41, 5.74) is 9.72. The monoisotopic (exact) mass is 529 g/mol. The molecule has 0 spiro atoms. The number of primary amides is 1. The molecule has 0 fully saturated rings. The summed E-state index contributed by atoms with van der Waals surface area (Å²) < 4.78 is 10.9. The van der Waals surface area contributed by atoms with E-state index in [1.54, 1.807) is 26.4 Å². The van der Waals surface area contributed by atoms with Crippen molar-refractivity contribution in [3.05, 3.63) is 70.1 Å². The van der Waals surface area contributed by atoms with Gasteiger partial charge in [0.05, 0.1) is 36.6 Å². The lowest BCUT2D eigenvalue weighted by Gasteiger charge is -2.21. The Morgan fingerprint density at radius 3 is 2.68 bits per heavy atom. The van der Waals surface area contributed by atoms with Crippen LogP contribution in [0.1, 0.15) is 57.3 Å². The van der Waals surface area contributed by atoms with E-state index in [0.717, 1.165) is 48.1 Å². The number of rotatable bonds is 8. The van der Waals surface area contributed by atoms with Crippen LogP contribution in [0, 0.1) is 5.92 Å². The van der Waals surface area contributed by atoms with Gasteiger partial charge >= 0.3 is 0 Å². The zero-order valence-electron chi connectivity index (χ0n) is 21.8. The van der Waals surface area contributed by atoms with Crippen molar-refractivity contribution in [2.24, 2.45) is 11.7 Å². The lowest BCUT2D eigenvalue weighted by atomic mass is 9.84. The number of fused-ring (bicyclic) bond motifs is 2. The number of carbonyl (C=O) groups excluding carboxylic acids is 2. The fourth-order valence-corrected chi connectivity index (χ4v) is 6.70. The summed E-state index contributed by atoms with van der Waals surface area (Å²) in [6, 6.07) is 14.7. The lowest BCUT2D eigenvalue weighted by molar-refractivity contribution is 0.1000. The molecule has 0 saturated heterocycles. The van der Waals surface area contributed by atoms with Crippen molar-refractivity contribution < 1.29 is 19.1 Å². The number of anilines is 1. The molecule has 8 heteroatoms. The van der Waals surface area contributed by atoms with Crippen LogP contribution in [-0.4, -0.2) is 31.0 Å². The molecule has 5 rings (SSSR count). The third kappa shape index (κ3) is 4.84. The summed E-state index contributed by atoms with van der Waals surface area (Å²) in [6.45, 7) is 2.19. The Kier molecular flexibility index (Phi) is 7.33. The second kappa shape index (κ2) is 10.8. The molecule has 38 heavy (non-hydrogen) atoms. The van der Waals surface area contributed by atoms with E-state index in [1.807, 2.05) is 36.4 Å². The predicted octanol–water partition coefficient (Wildman–Crippen LogP) is 6.24. The number of aromatic nitrogens is 1. The number of hydrogen-bond acceptors (Lipinski definition) is 6. The van der Waals surface area contributed by atoms with Crippen molar-refractivity contribution in [1.82, 2.24) is 4.98 Å². The van der Waals surface area contributed by atoms with Gasteiger partial charge in [-0.05, 0) is 55.0 Å². The molecule has 0 aliphatic heterocycles. The van der Waals surface area contributed by atoms with E-state index in [1.165, 1.54) is 11.3 Å². The molecule has 2 amide bonds. The number of hydrogen-bond donors (Lipinski definition) is 2. The van der Waals surface area contributed by atoms with Gasteiger partial charge in [-0.25, -0.2) is 4.98 Å². The molecular formula is C30H31N3O4S. The summed E-state index contributed by atoms with van der Waals surface area (Å²) in [4.78, 5) is 32.2. The van der Waals surface area contributed by atoms with Crippen LogP contribution in [-0.2, 0) is 12.8 Å². The topological polar surface area (TPSA) is 104 Å². The summed E-state index contributed by atoms with van der Waals surface area (Å²) in [5.74, 6) is 1.02. The third-order valence-electron chi connectivity index (χ3n) is 7.18. The molecule has 1 aliphatic carbocycles. The fraction of sp³-hybridized carbons (Fsp3) is 0.300. The Morgan fingerprint density at radius 2 is 1.95 bits per heavy atom. The molecule has 3 N–H and O–H groups in total. The SMILES string of the molecule is CCC[C@H]1CCc2c(sc(NC(=O)c3cc(-c4ccc(OC)cc4OC)nc4ccccc34)c2C(N)=O)C1. The van der Waals surface area contributed by atoms with Gasteiger partial charge in [0, 0.05) is 21.9 Å². The van der Waals surface area contributed by atoms with Crippen molar-refractivity contribution in [3.8, 4) is 22.8 Å². The molecule has 0 bridgehead atoms. The zero-order valence-corrected chi connectivity index (χ0v) is 22.6. The number of nitrogens with two attached hydrogens (primary N) is 1. The second-order valence-electron chi connectivity index (χ2n) is 9.56. The molecule has 2 aromatic carbocycles. The fourth-order valence-electron chi connectivity index (χ4n) is 5.34. The number of para-hydroxylation sites is 1. The van der Waals surface area contributed by atoms with E-state index in [-0.39, 0.29) is 5.91 Å². The van der Waals surface area contributed by atoms with Crippen LogP contribution in [0.3, 0.4) is 0 Å². The number of thiophene rings is 1. The van der Waals surface area contributed by atoms with Gasteiger partial charge in [0.2, 0.25) is 0 Å². The van der Waals surface area contributed by atoms with Crippen molar-refractivity contribution in [3.63, 3.8) is 0 Å². The minimum Gasteiger partial charge on any atom is -0.497 e. The quantitative estimate of drug-likeness (QED) is 0.281. The van der Waals surface area contributed by atoms with Crippen LogP contribution in [0.2, 0.25) is 0 Å². The highest BCUT2D eigenvalue weighted by Crippen LogP contribution is 2.41. The highest BCUT2D eigenvalue weighted by atomic mass is 32.1. The van der Waals surface area contributed by atoms with Gasteiger partial charge in [-0.15, -0.1) is 11.3 Å². The Bertz CT molecular complexity index is 1530. The molecule has 7 nitrogen and oxygen atoms in total. The molecule has 2 aromatic heterocycles. The van der Waals surface area contributed by atoms with Crippen LogP contribution >= 0.6 is 11.3 Å². The van der Waals surface area contributed by atoms with Crippen LogP contribution in [0.15, 0.2) is 48.5 Å². The number of pyridine rings is 1. The van der Waals surface area contributed by atoms with Crippen molar-refractivity contribution in [2.45, 2.75) is 39.0 Å². The summed E-state index contributed by atoms with van der Waals surface area (Å²) in [7, 11) is 3.18. The van der Waals surface area contributed by atoms with Gasteiger partial charge in [-0.2, -0.15) is 0 Å². The summed E-state index contributed by atoms with van der Waals surface area (Å²) in [5, 5.41) is 4.27. The summed E-state index contributed by atoms with van der Waals surface area (Å²) >= 11 is 1.48. The molecule has 196 valence electrons. The third-order valence-corrected chi connectivity index (χ3v) is 8.35. The Labute approximate surface area is 226 Å². The standard InChI is InChI=1S/C30H31N3O4S/c1-4-7-17-10-12-21-26(14-17)38-30(27(21)28(31)34)33-29(35)22-16-24(32-23-9-6-5-8-19(22)23)20-13-11-18(36-2)15-25(20)37-3/h5-6,8-9,11,13,15-17H,4,7,10,12,14H2,1-3H3,(H2,31,34)(H,33,35)/t17-/m0/s1. The molecule has 0 saturated carbocycles. The first-order valence-electron chi connectivity index (χ1n) is 12.8. The molecular weight excluding hydrogens is 498 g/mol. The van der Waals surface area contributed by atoms with Crippen LogP contribution < -0.4 is 20.5 Å². The Hall–Kier alpha value is -3.91. The van der Waals surface area contributed by atoms with Crippen molar-refractivity contribution >= 4 is 39.1 Å². The first-order valence-corrected chi connectivity index (χ1v) is 13.6. The first-order chi connectivity index (χ1) is 18.4. The maximum atomic E-state index is 13.8. The molecule has 0 radical (unpaired) electrons. The first kappa shape index (κ1) is 25.7. The van der Waals surface area contributed by atoms with E-state index in [2.05, 4.69) is 12.2 Å².